The minimum Gasteiger partial charge on any atom is -0.408 e. The van der Waals surface area contributed by atoms with Gasteiger partial charge in [-0.3, -0.25) is 0 Å². The van der Waals surface area contributed by atoms with Gasteiger partial charge in [0.05, 0.1) is 0 Å². The molecule has 4 heteroatoms. The first-order chi connectivity index (χ1) is 7.78. The molecular formula is C12H15N3O. The molecule has 1 aromatic carbocycles. The number of hydrogen-bond donors (Lipinski definition) is 1. The second kappa shape index (κ2) is 4.79. The van der Waals surface area contributed by atoms with Gasteiger partial charge in [0.2, 0.25) is 5.89 Å². The topological polar surface area (TPSA) is 51.0 Å². The second-order valence-electron chi connectivity index (χ2n) is 3.65. The molecule has 0 saturated carbocycles. The fourth-order valence-corrected chi connectivity index (χ4v) is 1.44. The van der Waals surface area contributed by atoms with Crippen LogP contribution in [0, 0.1) is 6.92 Å². The molecular weight excluding hydrogens is 202 g/mol. The van der Waals surface area contributed by atoms with E-state index in [0.717, 1.165) is 6.42 Å². The van der Waals surface area contributed by atoms with Crippen molar-refractivity contribution < 1.29 is 4.42 Å². The summed E-state index contributed by atoms with van der Waals surface area (Å²) in [4.78, 5) is 0. The Morgan fingerprint density at radius 3 is 2.38 bits per heavy atom. The normalized spacial score (nSPS) is 10.4. The first-order valence-corrected chi connectivity index (χ1v) is 5.39. The van der Waals surface area contributed by atoms with Crippen LogP contribution in [0.1, 0.15) is 23.9 Å². The van der Waals surface area contributed by atoms with Gasteiger partial charge in [-0.25, -0.2) is 0 Å². The average molecular weight is 217 g/mol. The fourth-order valence-electron chi connectivity index (χ4n) is 1.44. The standard InChI is InChI=1S/C12H15N3O/c1-3-10-4-6-11(7-5-10)8-13-12-15-14-9(2)16-12/h4-7H,3,8H2,1-2H3,(H,13,15). The fraction of sp³-hybridized carbons (Fsp3) is 0.333. The predicted molar refractivity (Wildman–Crippen MR) is 62.2 cm³/mol. The number of nitrogens with one attached hydrogen (secondary N) is 1. The molecule has 0 saturated heterocycles. The molecule has 4 nitrogen and oxygen atoms in total. The van der Waals surface area contributed by atoms with Crippen molar-refractivity contribution in [1.82, 2.24) is 10.2 Å². The molecule has 0 spiro atoms. The molecule has 2 aromatic rings. The van der Waals surface area contributed by atoms with Crippen LogP contribution in [0.15, 0.2) is 28.7 Å². The van der Waals surface area contributed by atoms with E-state index in [4.69, 9.17) is 4.42 Å². The van der Waals surface area contributed by atoms with Crippen LogP contribution in [0.3, 0.4) is 0 Å². The van der Waals surface area contributed by atoms with E-state index in [0.29, 0.717) is 18.5 Å². The zero-order chi connectivity index (χ0) is 11.4. The van der Waals surface area contributed by atoms with Crippen molar-refractivity contribution in [2.24, 2.45) is 0 Å². The Balaban J connectivity index is 1.94. The van der Waals surface area contributed by atoms with E-state index < -0.39 is 0 Å². The molecule has 0 atom stereocenters. The molecule has 84 valence electrons. The zero-order valence-corrected chi connectivity index (χ0v) is 9.53. The van der Waals surface area contributed by atoms with Gasteiger partial charge in [0.1, 0.15) is 0 Å². The highest BCUT2D eigenvalue weighted by Crippen LogP contribution is 2.09. The van der Waals surface area contributed by atoms with Crippen molar-refractivity contribution in [3.63, 3.8) is 0 Å². The van der Waals surface area contributed by atoms with Gasteiger partial charge in [0.25, 0.3) is 0 Å². The van der Waals surface area contributed by atoms with Gasteiger partial charge in [-0.15, -0.1) is 5.10 Å². The van der Waals surface area contributed by atoms with Crippen molar-refractivity contribution in [3.8, 4) is 0 Å². The summed E-state index contributed by atoms with van der Waals surface area (Å²) in [5, 5.41) is 10.7. The number of hydrogen-bond acceptors (Lipinski definition) is 4. The summed E-state index contributed by atoms with van der Waals surface area (Å²) in [5.41, 5.74) is 2.55. The third-order valence-electron chi connectivity index (χ3n) is 2.40. The van der Waals surface area contributed by atoms with Gasteiger partial charge >= 0.3 is 6.01 Å². The molecule has 0 bridgehead atoms. The summed E-state index contributed by atoms with van der Waals surface area (Å²) >= 11 is 0. The molecule has 1 N–H and O–H groups in total. The van der Waals surface area contributed by atoms with E-state index in [1.165, 1.54) is 11.1 Å². The monoisotopic (exact) mass is 217 g/mol. The van der Waals surface area contributed by atoms with Crippen LogP contribution >= 0.6 is 0 Å². The van der Waals surface area contributed by atoms with Crippen LogP contribution in [-0.2, 0) is 13.0 Å². The van der Waals surface area contributed by atoms with E-state index in [1.54, 1.807) is 6.92 Å². The summed E-state index contributed by atoms with van der Waals surface area (Å²) in [6.07, 6.45) is 1.07. The van der Waals surface area contributed by atoms with Crippen molar-refractivity contribution in [3.05, 3.63) is 41.3 Å². The van der Waals surface area contributed by atoms with Crippen LogP contribution in [0.4, 0.5) is 6.01 Å². The van der Waals surface area contributed by atoms with Crippen LogP contribution < -0.4 is 5.32 Å². The maximum absolute atomic E-state index is 5.22. The van der Waals surface area contributed by atoms with Gasteiger partial charge in [0, 0.05) is 13.5 Å². The molecule has 2 rings (SSSR count). The second-order valence-corrected chi connectivity index (χ2v) is 3.65. The average Bonchev–Trinajstić information content (AvgIpc) is 2.73. The smallest absolute Gasteiger partial charge is 0.315 e. The van der Waals surface area contributed by atoms with E-state index >= 15 is 0 Å². The van der Waals surface area contributed by atoms with E-state index in [1.807, 2.05) is 0 Å². The molecule has 16 heavy (non-hydrogen) atoms. The third kappa shape index (κ3) is 2.59. The van der Waals surface area contributed by atoms with Gasteiger partial charge in [-0.1, -0.05) is 36.3 Å². The number of nitrogens with zero attached hydrogens (tertiary/aromatic N) is 2. The highest BCUT2D eigenvalue weighted by Gasteiger charge is 2.00. The van der Waals surface area contributed by atoms with Gasteiger partial charge in [0.15, 0.2) is 0 Å². The van der Waals surface area contributed by atoms with Crippen molar-refractivity contribution in [1.29, 1.82) is 0 Å². The summed E-state index contributed by atoms with van der Waals surface area (Å²) in [7, 11) is 0. The zero-order valence-electron chi connectivity index (χ0n) is 9.53. The quantitative estimate of drug-likeness (QED) is 0.855. The van der Waals surface area contributed by atoms with Crippen LogP contribution in [-0.4, -0.2) is 10.2 Å². The molecule has 0 aliphatic heterocycles. The first kappa shape index (κ1) is 10.7. The Hall–Kier alpha value is -1.84. The molecule has 0 unspecified atom stereocenters. The Labute approximate surface area is 94.7 Å². The number of benzene rings is 1. The van der Waals surface area contributed by atoms with Crippen LogP contribution in [0.2, 0.25) is 0 Å². The molecule has 0 radical (unpaired) electrons. The number of aromatic nitrogens is 2. The lowest BCUT2D eigenvalue weighted by Gasteiger charge is -2.02. The number of rotatable bonds is 4. The lowest BCUT2D eigenvalue weighted by Crippen LogP contribution is -1.99. The van der Waals surface area contributed by atoms with Crippen LogP contribution in [0.25, 0.3) is 0 Å². The van der Waals surface area contributed by atoms with Gasteiger partial charge in [-0.05, 0) is 17.5 Å². The minimum absolute atomic E-state index is 0.470. The maximum atomic E-state index is 5.22. The Bertz CT molecular complexity index is 448. The lowest BCUT2D eigenvalue weighted by molar-refractivity contribution is 0.530. The Morgan fingerprint density at radius 1 is 1.12 bits per heavy atom. The molecule has 0 aliphatic rings. The van der Waals surface area contributed by atoms with Crippen molar-refractivity contribution in [2.45, 2.75) is 26.8 Å². The van der Waals surface area contributed by atoms with E-state index in [9.17, 15) is 0 Å². The van der Waals surface area contributed by atoms with Crippen LogP contribution in [0.5, 0.6) is 0 Å². The summed E-state index contributed by atoms with van der Waals surface area (Å²) in [6, 6.07) is 8.95. The molecule has 0 amide bonds. The van der Waals surface area contributed by atoms with Gasteiger partial charge < -0.3 is 9.73 Å². The SMILES string of the molecule is CCc1ccc(CNc2nnc(C)o2)cc1. The first-order valence-electron chi connectivity index (χ1n) is 5.39. The highest BCUT2D eigenvalue weighted by atomic mass is 16.4. The van der Waals surface area contributed by atoms with Crippen molar-refractivity contribution >= 4 is 6.01 Å². The third-order valence-corrected chi connectivity index (χ3v) is 2.40. The molecule has 1 heterocycles. The Morgan fingerprint density at radius 2 is 1.81 bits per heavy atom. The lowest BCUT2D eigenvalue weighted by atomic mass is 10.1. The maximum Gasteiger partial charge on any atom is 0.315 e. The van der Waals surface area contributed by atoms with E-state index in [-0.39, 0.29) is 0 Å². The molecule has 1 aromatic heterocycles. The largest absolute Gasteiger partial charge is 0.408 e. The molecule has 0 fully saturated rings. The summed E-state index contributed by atoms with van der Waals surface area (Å²) in [5.74, 6) is 0.573. The Kier molecular flexibility index (Phi) is 3.19. The number of aryl methyl sites for hydroxylation is 2. The summed E-state index contributed by atoms with van der Waals surface area (Å²) < 4.78 is 5.22. The predicted octanol–water partition coefficient (Wildman–Crippen LogP) is 2.55. The highest BCUT2D eigenvalue weighted by molar-refractivity contribution is 5.26. The summed E-state index contributed by atoms with van der Waals surface area (Å²) in [6.45, 7) is 4.62. The van der Waals surface area contributed by atoms with Gasteiger partial charge in [-0.2, -0.15) is 0 Å². The van der Waals surface area contributed by atoms with E-state index in [2.05, 4.69) is 46.7 Å². The number of anilines is 1. The minimum atomic E-state index is 0.470. The van der Waals surface area contributed by atoms with Crippen molar-refractivity contribution in [2.75, 3.05) is 5.32 Å². The molecule has 0 aliphatic carbocycles.